The van der Waals surface area contributed by atoms with E-state index in [9.17, 15) is 9.90 Å². The second-order valence-corrected chi connectivity index (χ2v) is 9.79. The molecule has 0 atom stereocenters. The predicted octanol–water partition coefficient (Wildman–Crippen LogP) is 3.39. The molecule has 2 fully saturated rings. The van der Waals surface area contributed by atoms with E-state index in [4.69, 9.17) is 4.98 Å². The normalized spacial score (nSPS) is 18.5. The van der Waals surface area contributed by atoms with Crippen molar-refractivity contribution in [2.45, 2.75) is 50.7 Å². The molecule has 1 aromatic carbocycles. The molecule has 1 saturated carbocycles. The summed E-state index contributed by atoms with van der Waals surface area (Å²) in [5.41, 5.74) is 1.97. The Balaban J connectivity index is 1.20. The zero-order valence-corrected chi connectivity index (χ0v) is 19.8. The molecule has 1 amide bonds. The van der Waals surface area contributed by atoms with Gasteiger partial charge in [0.2, 0.25) is 11.9 Å². The molecular weight excluding hydrogens is 428 g/mol. The van der Waals surface area contributed by atoms with Gasteiger partial charge in [0, 0.05) is 55.6 Å². The number of piperidine rings is 1. The van der Waals surface area contributed by atoms with E-state index in [1.807, 2.05) is 42.7 Å². The van der Waals surface area contributed by atoms with Crippen molar-refractivity contribution in [3.8, 4) is 0 Å². The highest BCUT2D eigenvalue weighted by molar-refractivity contribution is 5.79. The van der Waals surface area contributed by atoms with Gasteiger partial charge in [0.1, 0.15) is 5.65 Å². The van der Waals surface area contributed by atoms with Crippen LogP contribution in [0.5, 0.6) is 0 Å². The molecule has 180 valence electrons. The average molecular weight is 463 g/mol. The van der Waals surface area contributed by atoms with Gasteiger partial charge in [0.05, 0.1) is 5.60 Å². The topological polar surface area (TPSA) is 95.3 Å². The lowest BCUT2D eigenvalue weighted by Crippen LogP contribution is -2.40. The van der Waals surface area contributed by atoms with Crippen LogP contribution in [0.4, 0.5) is 11.6 Å². The third kappa shape index (κ3) is 4.93. The molecule has 1 saturated heterocycles. The maximum Gasteiger partial charge on any atom is 0.229 e. The Morgan fingerprint density at radius 2 is 1.94 bits per heavy atom. The van der Waals surface area contributed by atoms with Crippen molar-refractivity contribution in [3.05, 3.63) is 48.3 Å². The van der Waals surface area contributed by atoms with Gasteiger partial charge >= 0.3 is 0 Å². The number of aryl methyl sites for hydroxylation is 1. The zero-order chi connectivity index (χ0) is 23.5. The minimum atomic E-state index is -0.751. The number of nitrogens with one attached hydrogen (secondary N) is 2. The van der Waals surface area contributed by atoms with Crippen molar-refractivity contribution in [3.63, 3.8) is 0 Å². The maximum absolute atomic E-state index is 12.0. The maximum atomic E-state index is 12.0. The first-order chi connectivity index (χ1) is 16.5. The average Bonchev–Trinajstić information content (AvgIpc) is 3.20. The Morgan fingerprint density at radius 1 is 1.18 bits per heavy atom. The summed E-state index contributed by atoms with van der Waals surface area (Å²) in [6.45, 7) is 3.27. The molecule has 2 aromatic heterocycles. The summed E-state index contributed by atoms with van der Waals surface area (Å²) in [6, 6.07) is 9.95. The zero-order valence-electron chi connectivity index (χ0n) is 19.8. The van der Waals surface area contributed by atoms with Crippen LogP contribution in [0, 0.1) is 5.92 Å². The second kappa shape index (κ2) is 9.72. The molecule has 3 N–H and O–H groups in total. The number of hydrogen-bond donors (Lipinski definition) is 3. The molecule has 0 radical (unpaired) electrons. The van der Waals surface area contributed by atoms with Crippen molar-refractivity contribution in [2.75, 3.05) is 32.0 Å². The van der Waals surface area contributed by atoms with Crippen LogP contribution in [0.25, 0.3) is 11.0 Å². The van der Waals surface area contributed by atoms with Crippen LogP contribution < -0.4 is 10.6 Å². The fourth-order valence-corrected chi connectivity index (χ4v) is 4.76. The number of benzene rings is 1. The van der Waals surface area contributed by atoms with E-state index in [0.29, 0.717) is 12.5 Å². The summed E-state index contributed by atoms with van der Waals surface area (Å²) >= 11 is 0. The molecular formula is C26H34N6O2. The van der Waals surface area contributed by atoms with E-state index in [2.05, 4.69) is 32.1 Å². The van der Waals surface area contributed by atoms with Gasteiger partial charge in [0.15, 0.2) is 0 Å². The molecule has 8 nitrogen and oxygen atoms in total. The van der Waals surface area contributed by atoms with Crippen LogP contribution in [0.15, 0.2) is 42.7 Å². The second-order valence-electron chi connectivity index (χ2n) is 9.79. The summed E-state index contributed by atoms with van der Waals surface area (Å²) in [6.07, 6.45) is 9.44. The highest BCUT2D eigenvalue weighted by Gasteiger charge is 2.32. The number of amides is 1. The Morgan fingerprint density at radius 3 is 2.65 bits per heavy atom. The molecule has 1 aliphatic heterocycles. The molecule has 2 aliphatic rings. The van der Waals surface area contributed by atoms with Gasteiger partial charge in [-0.3, -0.25) is 4.79 Å². The highest BCUT2D eigenvalue weighted by Crippen LogP contribution is 2.33. The van der Waals surface area contributed by atoms with Crippen LogP contribution in [-0.2, 0) is 16.9 Å². The SMILES string of the molecule is CN1CCC(O)(c2ccc(Nc3ncc4ccn(CCCNC(=O)C5CCC5)c4n3)cc2)CC1. The van der Waals surface area contributed by atoms with Crippen molar-refractivity contribution < 1.29 is 9.90 Å². The van der Waals surface area contributed by atoms with Crippen molar-refractivity contribution in [1.82, 2.24) is 24.8 Å². The third-order valence-corrected chi connectivity index (χ3v) is 7.35. The van der Waals surface area contributed by atoms with Gasteiger partial charge in [-0.25, -0.2) is 4.98 Å². The Labute approximate surface area is 200 Å². The molecule has 0 bridgehead atoms. The number of nitrogens with zero attached hydrogens (tertiary/aromatic N) is 4. The molecule has 1 aliphatic carbocycles. The Kier molecular flexibility index (Phi) is 6.52. The summed E-state index contributed by atoms with van der Waals surface area (Å²) in [5, 5.41) is 18.4. The molecule has 3 heterocycles. The number of aliphatic hydroxyl groups is 1. The van der Waals surface area contributed by atoms with Crippen molar-refractivity contribution in [2.24, 2.45) is 5.92 Å². The molecule has 5 rings (SSSR count). The van der Waals surface area contributed by atoms with Gasteiger partial charge in [0.25, 0.3) is 0 Å². The molecule has 3 aromatic rings. The number of hydrogen-bond acceptors (Lipinski definition) is 6. The summed E-state index contributed by atoms with van der Waals surface area (Å²) < 4.78 is 2.11. The lowest BCUT2D eigenvalue weighted by molar-refractivity contribution is -0.127. The molecule has 34 heavy (non-hydrogen) atoms. The van der Waals surface area contributed by atoms with E-state index < -0.39 is 5.60 Å². The van der Waals surface area contributed by atoms with Gasteiger partial charge in [-0.2, -0.15) is 4.98 Å². The quantitative estimate of drug-likeness (QED) is 0.444. The first kappa shape index (κ1) is 22.8. The third-order valence-electron chi connectivity index (χ3n) is 7.35. The number of fused-ring (bicyclic) bond motifs is 1. The first-order valence-corrected chi connectivity index (χ1v) is 12.4. The highest BCUT2D eigenvalue weighted by atomic mass is 16.3. The molecule has 0 spiro atoms. The smallest absolute Gasteiger partial charge is 0.229 e. The van der Waals surface area contributed by atoms with Crippen molar-refractivity contribution in [1.29, 1.82) is 0 Å². The van der Waals surface area contributed by atoms with Crippen molar-refractivity contribution >= 4 is 28.6 Å². The number of rotatable bonds is 8. The van der Waals surface area contributed by atoms with Crippen LogP contribution in [0.3, 0.4) is 0 Å². The number of carbonyl (C=O) groups excluding carboxylic acids is 1. The number of carbonyl (C=O) groups is 1. The lowest BCUT2D eigenvalue weighted by Gasteiger charge is -2.37. The van der Waals surface area contributed by atoms with Crippen LogP contribution in [-0.4, -0.2) is 57.1 Å². The minimum Gasteiger partial charge on any atom is -0.385 e. The summed E-state index contributed by atoms with van der Waals surface area (Å²) in [7, 11) is 2.09. The number of aromatic nitrogens is 3. The standard InChI is InChI=1S/C26H34N6O2/c1-31-16-11-26(34,12-17-31)21-6-8-22(9-7-21)29-25-28-18-20-10-15-32(23(20)30-25)14-3-13-27-24(33)19-4-2-5-19/h6-10,15,18-19,34H,2-5,11-14,16-17H2,1H3,(H,27,33)(H,28,29,30). The van der Waals surface area contributed by atoms with E-state index in [-0.39, 0.29) is 11.8 Å². The van der Waals surface area contributed by atoms with E-state index in [1.165, 1.54) is 6.42 Å². The lowest BCUT2D eigenvalue weighted by atomic mass is 9.84. The Hall–Kier alpha value is -2.97. The van der Waals surface area contributed by atoms with Gasteiger partial charge in [-0.05, 0) is 62.9 Å². The van der Waals surface area contributed by atoms with E-state index in [0.717, 1.165) is 74.0 Å². The van der Waals surface area contributed by atoms with Gasteiger partial charge in [-0.15, -0.1) is 0 Å². The monoisotopic (exact) mass is 462 g/mol. The fraction of sp³-hybridized carbons (Fsp3) is 0.500. The Bertz CT molecular complexity index is 1130. The summed E-state index contributed by atoms with van der Waals surface area (Å²) in [5.74, 6) is 0.970. The number of anilines is 2. The minimum absolute atomic E-state index is 0.200. The largest absolute Gasteiger partial charge is 0.385 e. The number of likely N-dealkylation sites (tertiary alicyclic amines) is 1. The van der Waals surface area contributed by atoms with Gasteiger partial charge in [-0.1, -0.05) is 18.6 Å². The first-order valence-electron chi connectivity index (χ1n) is 12.4. The summed E-state index contributed by atoms with van der Waals surface area (Å²) in [4.78, 5) is 23.4. The molecule has 0 unspecified atom stereocenters. The van der Waals surface area contributed by atoms with Crippen LogP contribution in [0.1, 0.15) is 44.1 Å². The fourth-order valence-electron chi connectivity index (χ4n) is 4.76. The van der Waals surface area contributed by atoms with E-state index >= 15 is 0 Å². The van der Waals surface area contributed by atoms with E-state index in [1.54, 1.807) is 0 Å². The van der Waals surface area contributed by atoms with Crippen LogP contribution >= 0.6 is 0 Å². The predicted molar refractivity (Wildman–Crippen MR) is 133 cm³/mol. The van der Waals surface area contributed by atoms with Gasteiger partial charge < -0.3 is 25.2 Å². The molecule has 8 heteroatoms. The van der Waals surface area contributed by atoms with Crippen LogP contribution in [0.2, 0.25) is 0 Å².